The molecule has 0 saturated heterocycles. The van der Waals surface area contributed by atoms with Crippen LogP contribution in [0.25, 0.3) is 10.9 Å². The molecule has 1 heterocycles. The molecule has 4 nitrogen and oxygen atoms in total. The number of fused-ring (bicyclic) bond motifs is 1. The van der Waals surface area contributed by atoms with Gasteiger partial charge in [-0.25, -0.2) is 0 Å². The average Bonchev–Trinajstić information content (AvgIpc) is 2.75. The molecule has 0 bridgehead atoms. The molecule has 0 fully saturated rings. The number of hydrogen-bond acceptors (Lipinski definition) is 2. The summed E-state index contributed by atoms with van der Waals surface area (Å²) in [7, 11) is 0. The lowest BCUT2D eigenvalue weighted by atomic mass is 10.1. The Bertz CT molecular complexity index is 516. The van der Waals surface area contributed by atoms with E-state index in [1.165, 1.54) is 0 Å². The van der Waals surface area contributed by atoms with Crippen LogP contribution in [0, 0.1) is 0 Å². The highest BCUT2D eigenvalue weighted by Crippen LogP contribution is 2.14. The number of amides is 1. The van der Waals surface area contributed by atoms with E-state index in [-0.39, 0.29) is 11.9 Å². The zero-order valence-electron chi connectivity index (χ0n) is 9.86. The first kappa shape index (κ1) is 11.7. The van der Waals surface area contributed by atoms with Crippen LogP contribution < -0.4 is 11.1 Å². The summed E-state index contributed by atoms with van der Waals surface area (Å²) in [6.45, 7) is 2.54. The van der Waals surface area contributed by atoms with Crippen LogP contribution in [0.2, 0.25) is 0 Å². The maximum Gasteiger partial charge on any atom is 0.251 e. The number of nitrogens with two attached hydrogens (primary N) is 1. The number of rotatable bonds is 4. The molecule has 0 aliphatic heterocycles. The first-order chi connectivity index (χ1) is 8.16. The number of carbonyl (C=O) groups excluding carboxylic acids is 1. The van der Waals surface area contributed by atoms with Gasteiger partial charge in [-0.1, -0.05) is 0 Å². The van der Waals surface area contributed by atoms with Crippen LogP contribution in [0.5, 0.6) is 0 Å². The van der Waals surface area contributed by atoms with Gasteiger partial charge in [0.05, 0.1) is 0 Å². The van der Waals surface area contributed by atoms with E-state index < -0.39 is 0 Å². The van der Waals surface area contributed by atoms with Gasteiger partial charge >= 0.3 is 0 Å². The number of aromatic nitrogens is 1. The minimum absolute atomic E-state index is 0.0475. The highest BCUT2D eigenvalue weighted by molar-refractivity contribution is 5.98. The van der Waals surface area contributed by atoms with E-state index in [1.54, 1.807) is 0 Å². The van der Waals surface area contributed by atoms with Crippen LogP contribution in [-0.4, -0.2) is 23.5 Å². The molecule has 4 heteroatoms. The van der Waals surface area contributed by atoms with Gasteiger partial charge in [-0.05, 0) is 37.6 Å². The third-order valence-electron chi connectivity index (χ3n) is 2.70. The zero-order valence-corrected chi connectivity index (χ0v) is 9.86. The highest BCUT2D eigenvalue weighted by atomic mass is 16.1. The Balaban J connectivity index is 2.03. The lowest BCUT2D eigenvalue weighted by molar-refractivity contribution is 0.0953. The zero-order chi connectivity index (χ0) is 12.3. The van der Waals surface area contributed by atoms with Crippen molar-refractivity contribution in [2.45, 2.75) is 19.4 Å². The minimum atomic E-state index is -0.0475. The molecule has 0 spiro atoms. The molecule has 90 valence electrons. The second-order valence-corrected chi connectivity index (χ2v) is 4.30. The number of benzene rings is 1. The molecule has 0 saturated carbocycles. The molecule has 2 rings (SSSR count). The van der Waals surface area contributed by atoms with Crippen molar-refractivity contribution in [3.63, 3.8) is 0 Å². The fourth-order valence-corrected chi connectivity index (χ4v) is 1.71. The molecule has 1 atom stereocenters. The van der Waals surface area contributed by atoms with Crippen molar-refractivity contribution in [2.24, 2.45) is 5.73 Å². The van der Waals surface area contributed by atoms with Gasteiger partial charge in [0, 0.05) is 35.2 Å². The summed E-state index contributed by atoms with van der Waals surface area (Å²) < 4.78 is 0. The maximum absolute atomic E-state index is 11.8. The Labute approximate surface area is 100 Å². The topological polar surface area (TPSA) is 70.9 Å². The van der Waals surface area contributed by atoms with E-state index >= 15 is 0 Å². The smallest absolute Gasteiger partial charge is 0.251 e. The minimum Gasteiger partial charge on any atom is -0.361 e. The van der Waals surface area contributed by atoms with Gasteiger partial charge in [0.25, 0.3) is 5.91 Å². The van der Waals surface area contributed by atoms with Gasteiger partial charge in [0.1, 0.15) is 0 Å². The lowest BCUT2D eigenvalue weighted by Gasteiger charge is -2.07. The Morgan fingerprint density at radius 1 is 1.47 bits per heavy atom. The molecule has 4 N–H and O–H groups in total. The fourth-order valence-electron chi connectivity index (χ4n) is 1.71. The standard InChI is InChI=1S/C13H17N3O/c1-9(14)4-6-16-13(17)11-2-3-12-10(8-11)5-7-15-12/h2-3,5,7-9,15H,4,6,14H2,1H3,(H,16,17). The van der Waals surface area contributed by atoms with E-state index in [0.29, 0.717) is 12.1 Å². The van der Waals surface area contributed by atoms with Crippen molar-refractivity contribution < 1.29 is 4.79 Å². The Morgan fingerprint density at radius 2 is 2.29 bits per heavy atom. The number of aromatic amines is 1. The number of carbonyl (C=O) groups is 1. The van der Waals surface area contributed by atoms with Gasteiger partial charge in [0.15, 0.2) is 0 Å². The summed E-state index contributed by atoms with van der Waals surface area (Å²) in [5.74, 6) is -0.0475. The predicted molar refractivity (Wildman–Crippen MR) is 68.9 cm³/mol. The van der Waals surface area contributed by atoms with Crippen molar-refractivity contribution >= 4 is 16.8 Å². The average molecular weight is 231 g/mol. The van der Waals surface area contributed by atoms with Gasteiger partial charge in [0.2, 0.25) is 0 Å². The van der Waals surface area contributed by atoms with Crippen LogP contribution in [-0.2, 0) is 0 Å². The third-order valence-corrected chi connectivity index (χ3v) is 2.70. The first-order valence-corrected chi connectivity index (χ1v) is 5.78. The second-order valence-electron chi connectivity index (χ2n) is 4.30. The summed E-state index contributed by atoms with van der Waals surface area (Å²) >= 11 is 0. The monoisotopic (exact) mass is 231 g/mol. The van der Waals surface area contributed by atoms with Gasteiger partial charge in [-0.2, -0.15) is 0 Å². The van der Waals surface area contributed by atoms with Crippen molar-refractivity contribution in [3.05, 3.63) is 36.0 Å². The summed E-state index contributed by atoms with van der Waals surface area (Å²) in [5.41, 5.74) is 7.34. The van der Waals surface area contributed by atoms with Crippen LogP contribution in [0.15, 0.2) is 30.5 Å². The molecular weight excluding hydrogens is 214 g/mol. The molecule has 0 radical (unpaired) electrons. The predicted octanol–water partition coefficient (Wildman–Crippen LogP) is 1.63. The van der Waals surface area contributed by atoms with Crippen molar-refractivity contribution in [2.75, 3.05) is 6.54 Å². The lowest BCUT2D eigenvalue weighted by Crippen LogP contribution is -2.28. The first-order valence-electron chi connectivity index (χ1n) is 5.78. The van der Waals surface area contributed by atoms with Crippen LogP contribution in [0.4, 0.5) is 0 Å². The molecule has 1 unspecified atom stereocenters. The molecule has 2 aromatic rings. The van der Waals surface area contributed by atoms with Gasteiger partial charge < -0.3 is 16.0 Å². The Morgan fingerprint density at radius 3 is 3.06 bits per heavy atom. The van der Waals surface area contributed by atoms with Crippen LogP contribution in [0.3, 0.4) is 0 Å². The third kappa shape index (κ3) is 2.85. The maximum atomic E-state index is 11.8. The normalized spacial score (nSPS) is 12.6. The Kier molecular flexibility index (Phi) is 3.44. The summed E-state index contributed by atoms with van der Waals surface area (Å²) in [5, 5.41) is 3.90. The molecule has 1 aromatic heterocycles. The van der Waals surface area contributed by atoms with Crippen LogP contribution in [0.1, 0.15) is 23.7 Å². The molecule has 0 aliphatic carbocycles. The molecule has 0 aliphatic rings. The fraction of sp³-hybridized carbons (Fsp3) is 0.308. The quantitative estimate of drug-likeness (QED) is 0.748. The summed E-state index contributed by atoms with van der Waals surface area (Å²) in [6.07, 6.45) is 2.65. The molecular formula is C13H17N3O. The Hall–Kier alpha value is -1.81. The molecule has 1 aromatic carbocycles. The number of hydrogen-bond donors (Lipinski definition) is 3. The van der Waals surface area contributed by atoms with E-state index in [2.05, 4.69) is 10.3 Å². The summed E-state index contributed by atoms with van der Waals surface area (Å²) in [6, 6.07) is 7.68. The van der Waals surface area contributed by atoms with Crippen molar-refractivity contribution in [3.8, 4) is 0 Å². The second kappa shape index (κ2) is 5.01. The van der Waals surface area contributed by atoms with Crippen molar-refractivity contribution in [1.29, 1.82) is 0 Å². The van der Waals surface area contributed by atoms with Gasteiger partial charge in [-0.3, -0.25) is 4.79 Å². The van der Waals surface area contributed by atoms with E-state index in [4.69, 9.17) is 5.73 Å². The van der Waals surface area contributed by atoms with Gasteiger partial charge in [-0.15, -0.1) is 0 Å². The number of nitrogens with one attached hydrogen (secondary N) is 2. The number of H-pyrrole nitrogens is 1. The van der Waals surface area contributed by atoms with Crippen molar-refractivity contribution in [1.82, 2.24) is 10.3 Å². The van der Waals surface area contributed by atoms with E-state index in [0.717, 1.165) is 17.3 Å². The molecule has 17 heavy (non-hydrogen) atoms. The highest BCUT2D eigenvalue weighted by Gasteiger charge is 2.06. The summed E-state index contributed by atoms with van der Waals surface area (Å²) in [4.78, 5) is 14.9. The van der Waals surface area contributed by atoms with E-state index in [1.807, 2.05) is 37.4 Å². The van der Waals surface area contributed by atoms with E-state index in [9.17, 15) is 4.79 Å². The van der Waals surface area contributed by atoms with Crippen LogP contribution >= 0.6 is 0 Å². The largest absolute Gasteiger partial charge is 0.361 e. The SMILES string of the molecule is CC(N)CCNC(=O)c1ccc2[nH]ccc2c1. The molecule has 1 amide bonds.